The lowest BCUT2D eigenvalue weighted by Crippen LogP contribution is -2.20. The molecule has 11 heteroatoms. The van der Waals surface area contributed by atoms with Gasteiger partial charge in [0.15, 0.2) is 11.7 Å². The number of nitrogens with zero attached hydrogens (tertiary/aromatic N) is 2. The predicted molar refractivity (Wildman–Crippen MR) is 111 cm³/mol. The number of anilines is 1. The van der Waals surface area contributed by atoms with Crippen LogP contribution < -0.4 is 10.1 Å². The molecule has 156 valence electrons. The third-order valence-corrected chi connectivity index (χ3v) is 7.35. The predicted octanol–water partition coefficient (Wildman–Crippen LogP) is 3.52. The summed E-state index contributed by atoms with van der Waals surface area (Å²) in [4.78, 5) is 26.0. The van der Waals surface area contributed by atoms with Gasteiger partial charge in [-0.05, 0) is 49.2 Å². The number of nitrogens with one attached hydrogen (secondary N) is 1. The first-order valence-electron chi connectivity index (χ1n) is 8.62. The van der Waals surface area contributed by atoms with Gasteiger partial charge in [-0.15, -0.1) is 0 Å². The Morgan fingerprint density at radius 1 is 1.17 bits per heavy atom. The van der Waals surface area contributed by atoms with Crippen LogP contribution in [0.4, 0.5) is 10.8 Å². The molecule has 1 amide bonds. The number of nitro benzene ring substituents is 1. The molecule has 0 atom stereocenters. The average molecular weight is 447 g/mol. The van der Waals surface area contributed by atoms with Crippen molar-refractivity contribution in [2.75, 3.05) is 11.9 Å². The summed E-state index contributed by atoms with van der Waals surface area (Å²) in [6.07, 6.45) is 1.13. The summed E-state index contributed by atoms with van der Waals surface area (Å²) in [6.45, 7) is 3.65. The Morgan fingerprint density at radius 2 is 1.87 bits per heavy atom. The van der Waals surface area contributed by atoms with Crippen LogP contribution in [0.3, 0.4) is 0 Å². The Labute approximate surface area is 176 Å². The van der Waals surface area contributed by atoms with Crippen LogP contribution in [0.1, 0.15) is 11.1 Å². The number of carbonyl (C=O) groups excluding carboxylic acids is 1. The van der Waals surface area contributed by atoms with Gasteiger partial charge in [0.25, 0.3) is 11.6 Å². The second-order valence-electron chi connectivity index (χ2n) is 6.32. The molecular formula is C19H17N3O6S2. The molecule has 9 nitrogen and oxygen atoms in total. The van der Waals surface area contributed by atoms with Gasteiger partial charge in [0.1, 0.15) is 9.96 Å². The fraction of sp³-hybridized carbons (Fsp3) is 0.158. The normalized spacial score (nSPS) is 11.1. The van der Waals surface area contributed by atoms with Crippen LogP contribution in [0, 0.1) is 24.0 Å². The van der Waals surface area contributed by atoms with Crippen LogP contribution in [-0.2, 0) is 14.6 Å². The summed E-state index contributed by atoms with van der Waals surface area (Å²) in [5.41, 5.74) is 1.93. The van der Waals surface area contributed by atoms with Crippen LogP contribution in [0.15, 0.2) is 57.8 Å². The van der Waals surface area contributed by atoms with Crippen LogP contribution in [0.25, 0.3) is 0 Å². The minimum Gasteiger partial charge on any atom is -0.484 e. The highest BCUT2D eigenvalue weighted by molar-refractivity contribution is 7.93. The van der Waals surface area contributed by atoms with Crippen molar-refractivity contribution in [1.29, 1.82) is 0 Å². The zero-order valence-electron chi connectivity index (χ0n) is 16.0. The van der Waals surface area contributed by atoms with Crippen molar-refractivity contribution in [3.63, 3.8) is 0 Å². The number of non-ortho nitro benzene ring substituents is 1. The van der Waals surface area contributed by atoms with E-state index in [-0.39, 0.29) is 26.5 Å². The molecule has 30 heavy (non-hydrogen) atoms. The maximum Gasteiger partial charge on any atom is 0.269 e. The molecule has 0 aliphatic carbocycles. The van der Waals surface area contributed by atoms with Gasteiger partial charge in [-0.3, -0.25) is 20.2 Å². The fourth-order valence-electron chi connectivity index (χ4n) is 2.41. The van der Waals surface area contributed by atoms with Crippen LogP contribution >= 0.6 is 11.3 Å². The number of aryl methyl sites for hydroxylation is 2. The molecule has 2 aromatic carbocycles. The van der Waals surface area contributed by atoms with Gasteiger partial charge in [0.2, 0.25) is 9.84 Å². The quantitative estimate of drug-likeness (QED) is 0.433. The molecule has 0 unspecified atom stereocenters. The molecule has 0 saturated heterocycles. The minimum atomic E-state index is -3.91. The number of hydrogen-bond acceptors (Lipinski definition) is 8. The van der Waals surface area contributed by atoms with Crippen LogP contribution in [0.5, 0.6) is 5.75 Å². The molecule has 0 bridgehead atoms. The number of aromatic nitrogens is 1. The second kappa shape index (κ2) is 8.59. The van der Waals surface area contributed by atoms with Crippen LogP contribution in [-0.4, -0.2) is 30.8 Å². The van der Waals surface area contributed by atoms with Crippen molar-refractivity contribution in [1.82, 2.24) is 4.98 Å². The molecule has 0 spiro atoms. The van der Waals surface area contributed by atoms with E-state index in [1.165, 1.54) is 0 Å². The summed E-state index contributed by atoms with van der Waals surface area (Å²) in [5.74, 6) is 0.0655. The summed E-state index contributed by atoms with van der Waals surface area (Å²) >= 11 is 0.779. The molecule has 0 fully saturated rings. The summed E-state index contributed by atoms with van der Waals surface area (Å²) in [6, 6.07) is 10.0. The number of nitro groups is 1. The lowest BCUT2D eigenvalue weighted by molar-refractivity contribution is -0.384. The molecule has 0 radical (unpaired) electrons. The number of sulfone groups is 1. The van der Waals surface area contributed by atoms with E-state index in [1.54, 1.807) is 6.07 Å². The molecular weight excluding hydrogens is 430 g/mol. The number of thiazole rings is 1. The van der Waals surface area contributed by atoms with Gasteiger partial charge in [0, 0.05) is 12.1 Å². The van der Waals surface area contributed by atoms with E-state index in [9.17, 15) is 23.3 Å². The van der Waals surface area contributed by atoms with Crippen molar-refractivity contribution in [2.24, 2.45) is 0 Å². The number of amides is 1. The topological polar surface area (TPSA) is 128 Å². The second-order valence-corrected chi connectivity index (χ2v) is 9.53. The Morgan fingerprint density at radius 3 is 2.50 bits per heavy atom. The van der Waals surface area contributed by atoms with E-state index in [0.29, 0.717) is 5.75 Å². The zero-order chi connectivity index (χ0) is 21.9. The molecule has 1 aromatic heterocycles. The van der Waals surface area contributed by atoms with Gasteiger partial charge in [0.05, 0.1) is 16.0 Å². The first-order valence-corrected chi connectivity index (χ1v) is 10.9. The van der Waals surface area contributed by atoms with Gasteiger partial charge >= 0.3 is 0 Å². The average Bonchev–Trinajstić information content (AvgIpc) is 3.18. The maximum atomic E-state index is 12.6. The third kappa shape index (κ3) is 4.81. The van der Waals surface area contributed by atoms with E-state index < -0.39 is 20.7 Å². The largest absolute Gasteiger partial charge is 0.484 e. The maximum absolute atomic E-state index is 12.6. The smallest absolute Gasteiger partial charge is 0.269 e. The molecule has 3 aromatic rings. The SMILES string of the molecule is Cc1ccc(OCC(=O)Nc2ncc(S(=O)(=O)c3ccc([N+](=O)[O-])cc3)s2)cc1C. The summed E-state index contributed by atoms with van der Waals surface area (Å²) in [5, 5.41) is 13.3. The van der Waals surface area contributed by atoms with Crippen LogP contribution in [0.2, 0.25) is 0 Å². The van der Waals surface area contributed by atoms with Gasteiger partial charge in [-0.25, -0.2) is 13.4 Å². The van der Waals surface area contributed by atoms with Gasteiger partial charge in [-0.2, -0.15) is 0 Å². The molecule has 0 aliphatic heterocycles. The number of carbonyl (C=O) groups is 1. The van der Waals surface area contributed by atoms with E-state index in [2.05, 4.69) is 10.3 Å². The Hall–Kier alpha value is -3.31. The molecule has 1 heterocycles. The Balaban J connectivity index is 1.65. The zero-order valence-corrected chi connectivity index (χ0v) is 17.6. The Kier molecular flexibility index (Phi) is 6.13. The van der Waals surface area contributed by atoms with Gasteiger partial charge < -0.3 is 4.74 Å². The van der Waals surface area contributed by atoms with Crippen molar-refractivity contribution in [3.05, 3.63) is 69.9 Å². The first-order chi connectivity index (χ1) is 14.2. The summed E-state index contributed by atoms with van der Waals surface area (Å²) < 4.78 is 30.6. The highest BCUT2D eigenvalue weighted by atomic mass is 32.2. The number of rotatable bonds is 7. The van der Waals surface area contributed by atoms with Crippen molar-refractivity contribution in [3.8, 4) is 5.75 Å². The molecule has 1 N–H and O–H groups in total. The van der Waals surface area contributed by atoms with Crippen molar-refractivity contribution >= 4 is 37.9 Å². The van der Waals surface area contributed by atoms with E-state index in [0.717, 1.165) is 52.9 Å². The molecule has 0 saturated carbocycles. The minimum absolute atomic E-state index is 0.0956. The monoisotopic (exact) mass is 447 g/mol. The van der Waals surface area contributed by atoms with Gasteiger partial charge in [-0.1, -0.05) is 17.4 Å². The van der Waals surface area contributed by atoms with E-state index in [4.69, 9.17) is 4.74 Å². The Bertz CT molecular complexity index is 1200. The number of hydrogen-bond donors (Lipinski definition) is 1. The highest BCUT2D eigenvalue weighted by Gasteiger charge is 2.22. The lowest BCUT2D eigenvalue weighted by atomic mass is 10.1. The molecule has 3 rings (SSSR count). The van der Waals surface area contributed by atoms with E-state index in [1.807, 2.05) is 26.0 Å². The summed E-state index contributed by atoms with van der Waals surface area (Å²) in [7, 11) is -3.91. The fourth-order valence-corrected chi connectivity index (χ4v) is 4.86. The van der Waals surface area contributed by atoms with Crippen molar-refractivity contribution < 1.29 is 22.9 Å². The van der Waals surface area contributed by atoms with E-state index >= 15 is 0 Å². The number of benzene rings is 2. The third-order valence-electron chi connectivity index (χ3n) is 4.20. The highest BCUT2D eigenvalue weighted by Crippen LogP contribution is 2.29. The standard InChI is InChI=1S/C19H17N3O6S2/c1-12-3-6-15(9-13(12)2)28-11-17(23)21-19-20-10-18(29-19)30(26,27)16-7-4-14(5-8-16)22(24)25/h3-10H,11H2,1-2H3,(H,20,21,23). The molecule has 0 aliphatic rings. The number of ether oxygens (including phenoxy) is 1. The van der Waals surface area contributed by atoms with Crippen molar-refractivity contribution in [2.45, 2.75) is 23.0 Å². The first kappa shape index (κ1) is 21.4. The lowest BCUT2D eigenvalue weighted by Gasteiger charge is -2.07.